The van der Waals surface area contributed by atoms with Crippen LogP contribution in [0.3, 0.4) is 0 Å². The smallest absolute Gasteiger partial charge is 0.335 e. The van der Waals surface area contributed by atoms with E-state index in [1.54, 1.807) is 30.3 Å². The molecule has 142 valence electrons. The van der Waals surface area contributed by atoms with E-state index in [1.165, 1.54) is 14.0 Å². The fourth-order valence-corrected chi connectivity index (χ4v) is 3.64. The highest BCUT2D eigenvalue weighted by atomic mass is 16.6. The van der Waals surface area contributed by atoms with Crippen LogP contribution in [0.25, 0.3) is 10.8 Å². The molecule has 0 spiro atoms. The van der Waals surface area contributed by atoms with Crippen LogP contribution in [0.4, 0.5) is 0 Å². The maximum Gasteiger partial charge on any atom is 0.335 e. The van der Waals surface area contributed by atoms with Crippen molar-refractivity contribution < 1.29 is 33.4 Å². The molecule has 0 amide bonds. The van der Waals surface area contributed by atoms with E-state index in [1.807, 2.05) is 0 Å². The molecular formula is C21H16O7. The first-order chi connectivity index (χ1) is 13.4. The summed E-state index contributed by atoms with van der Waals surface area (Å²) < 4.78 is 15.5. The maximum absolute atomic E-state index is 13.3. The Morgan fingerprint density at radius 2 is 1.86 bits per heavy atom. The molecule has 4 rings (SSSR count). The van der Waals surface area contributed by atoms with Gasteiger partial charge in [0.25, 0.3) is 0 Å². The van der Waals surface area contributed by atoms with Crippen molar-refractivity contribution >= 4 is 34.3 Å². The number of hydrogen-bond donors (Lipinski definition) is 0. The molecule has 7 nitrogen and oxygen atoms in total. The lowest BCUT2D eigenvalue weighted by atomic mass is 9.79. The number of esters is 2. The molecule has 7 heteroatoms. The minimum atomic E-state index is -0.959. The van der Waals surface area contributed by atoms with Gasteiger partial charge in [-0.1, -0.05) is 24.3 Å². The van der Waals surface area contributed by atoms with E-state index < -0.39 is 23.8 Å². The van der Waals surface area contributed by atoms with Crippen molar-refractivity contribution in [3.63, 3.8) is 0 Å². The summed E-state index contributed by atoms with van der Waals surface area (Å²) in [6, 6.07) is 8.65. The van der Waals surface area contributed by atoms with Crippen molar-refractivity contribution in [2.24, 2.45) is 0 Å². The summed E-state index contributed by atoms with van der Waals surface area (Å²) in [6.07, 6.45) is -1.03. The number of hydrogen-bond acceptors (Lipinski definition) is 7. The van der Waals surface area contributed by atoms with Gasteiger partial charge in [-0.25, -0.2) is 4.79 Å². The van der Waals surface area contributed by atoms with Crippen LogP contribution >= 0.6 is 0 Å². The second-order valence-corrected chi connectivity index (χ2v) is 6.59. The van der Waals surface area contributed by atoms with Crippen molar-refractivity contribution in [2.45, 2.75) is 19.4 Å². The number of rotatable bonds is 2. The van der Waals surface area contributed by atoms with Crippen molar-refractivity contribution in [2.75, 3.05) is 13.7 Å². The predicted octanol–water partition coefficient (Wildman–Crippen LogP) is 2.40. The van der Waals surface area contributed by atoms with Crippen molar-refractivity contribution in [1.29, 1.82) is 0 Å². The molecule has 0 aromatic heterocycles. The molecule has 1 aliphatic heterocycles. The molecule has 1 aliphatic carbocycles. The first-order valence-electron chi connectivity index (χ1n) is 8.67. The van der Waals surface area contributed by atoms with Gasteiger partial charge in [-0.15, -0.1) is 0 Å². The Kier molecular flexibility index (Phi) is 4.31. The molecule has 2 aliphatic rings. The number of Topliss-reactive ketones (excluding diaryl/α,β-unsaturated/α-hetero) is 2. The van der Waals surface area contributed by atoms with E-state index in [0.717, 1.165) is 0 Å². The summed E-state index contributed by atoms with van der Waals surface area (Å²) in [5, 5.41) is 1.23. The van der Waals surface area contributed by atoms with E-state index in [9.17, 15) is 19.2 Å². The summed E-state index contributed by atoms with van der Waals surface area (Å²) in [7, 11) is 1.23. The average molecular weight is 380 g/mol. The Morgan fingerprint density at radius 1 is 1.11 bits per heavy atom. The SMILES string of the molecule is COC(=O)C1CC2=C(CO1)C(=O)c1cc3ccccc3c(OC(C)=O)c1C2=O. The van der Waals surface area contributed by atoms with Gasteiger partial charge in [-0.2, -0.15) is 0 Å². The molecule has 0 saturated carbocycles. The van der Waals surface area contributed by atoms with Crippen LogP contribution in [-0.4, -0.2) is 43.3 Å². The molecule has 0 radical (unpaired) electrons. The largest absolute Gasteiger partial charge is 0.467 e. The van der Waals surface area contributed by atoms with Gasteiger partial charge in [0.15, 0.2) is 23.4 Å². The highest BCUT2D eigenvalue weighted by molar-refractivity contribution is 6.30. The molecule has 2 aromatic rings. The molecule has 0 fully saturated rings. The molecule has 28 heavy (non-hydrogen) atoms. The number of carbonyl (C=O) groups excluding carboxylic acids is 4. The summed E-state index contributed by atoms with van der Waals surface area (Å²) >= 11 is 0. The minimum absolute atomic E-state index is 0.0446. The van der Waals surface area contributed by atoms with Gasteiger partial charge in [-0.05, 0) is 11.5 Å². The standard InChI is InChI=1S/C21H16O7/c1-10(22)28-20-12-6-4-3-5-11(12)7-14-17(20)19(24)13-8-16(21(25)26-2)27-9-15(13)18(14)23/h3-7,16H,8-9H2,1-2H3. The third kappa shape index (κ3) is 2.71. The Labute approximate surface area is 159 Å². The Morgan fingerprint density at radius 3 is 2.57 bits per heavy atom. The summed E-state index contributed by atoms with van der Waals surface area (Å²) in [6.45, 7) is 1.07. The van der Waals surface area contributed by atoms with Crippen LogP contribution < -0.4 is 4.74 Å². The highest BCUT2D eigenvalue weighted by Crippen LogP contribution is 2.41. The zero-order valence-electron chi connectivity index (χ0n) is 15.2. The fourth-order valence-electron chi connectivity index (χ4n) is 3.64. The van der Waals surface area contributed by atoms with Gasteiger partial charge in [0.05, 0.1) is 19.3 Å². The van der Waals surface area contributed by atoms with E-state index in [-0.39, 0.29) is 46.8 Å². The first kappa shape index (κ1) is 18.1. The average Bonchev–Trinajstić information content (AvgIpc) is 2.70. The van der Waals surface area contributed by atoms with E-state index >= 15 is 0 Å². The quantitative estimate of drug-likeness (QED) is 0.583. The normalized spacial score (nSPS) is 18.6. The lowest BCUT2D eigenvalue weighted by Crippen LogP contribution is -2.37. The second kappa shape index (κ2) is 6.69. The van der Waals surface area contributed by atoms with E-state index in [2.05, 4.69) is 4.74 Å². The van der Waals surface area contributed by atoms with Crippen molar-refractivity contribution in [3.05, 3.63) is 52.6 Å². The molecule has 0 bridgehead atoms. The third-order valence-electron chi connectivity index (χ3n) is 4.91. The van der Waals surface area contributed by atoms with Gasteiger partial charge < -0.3 is 14.2 Å². The van der Waals surface area contributed by atoms with E-state index in [0.29, 0.717) is 10.8 Å². The summed E-state index contributed by atoms with van der Waals surface area (Å²) in [4.78, 5) is 49.9. The highest BCUT2D eigenvalue weighted by Gasteiger charge is 2.41. The lowest BCUT2D eigenvalue weighted by Gasteiger charge is -2.29. The van der Waals surface area contributed by atoms with Crippen molar-refractivity contribution in [1.82, 2.24) is 0 Å². The molecular weight excluding hydrogens is 364 g/mol. The van der Waals surface area contributed by atoms with Gasteiger partial charge >= 0.3 is 11.9 Å². The maximum atomic E-state index is 13.3. The number of ether oxygens (including phenoxy) is 3. The predicted molar refractivity (Wildman–Crippen MR) is 97.3 cm³/mol. The molecule has 0 N–H and O–H groups in total. The van der Waals surface area contributed by atoms with E-state index in [4.69, 9.17) is 9.47 Å². The summed E-state index contributed by atoms with van der Waals surface area (Å²) in [5.74, 6) is -1.96. The van der Waals surface area contributed by atoms with Gasteiger partial charge in [0.2, 0.25) is 0 Å². The van der Waals surface area contributed by atoms with Crippen LogP contribution in [-0.2, 0) is 19.1 Å². The van der Waals surface area contributed by atoms with Gasteiger partial charge in [-0.3, -0.25) is 14.4 Å². The lowest BCUT2D eigenvalue weighted by molar-refractivity contribution is -0.153. The molecule has 2 aromatic carbocycles. The molecule has 1 unspecified atom stereocenters. The Bertz CT molecular complexity index is 1090. The summed E-state index contributed by atoms with van der Waals surface area (Å²) in [5.41, 5.74) is 0.631. The minimum Gasteiger partial charge on any atom is -0.467 e. The third-order valence-corrected chi connectivity index (χ3v) is 4.91. The van der Waals surface area contributed by atoms with Crippen LogP contribution in [0.5, 0.6) is 5.75 Å². The van der Waals surface area contributed by atoms with Crippen molar-refractivity contribution in [3.8, 4) is 5.75 Å². The monoisotopic (exact) mass is 380 g/mol. The van der Waals surface area contributed by atoms with Gasteiger partial charge in [0.1, 0.15) is 0 Å². The Balaban J connectivity index is 1.92. The number of benzene rings is 2. The van der Waals surface area contributed by atoms with Crippen LogP contribution in [0, 0.1) is 0 Å². The van der Waals surface area contributed by atoms with Crippen LogP contribution in [0.15, 0.2) is 41.5 Å². The zero-order chi connectivity index (χ0) is 20.0. The first-order valence-corrected chi connectivity index (χ1v) is 8.67. The van der Waals surface area contributed by atoms with Crippen LogP contribution in [0.2, 0.25) is 0 Å². The number of ketones is 2. The zero-order valence-corrected chi connectivity index (χ0v) is 15.2. The number of fused-ring (bicyclic) bond motifs is 2. The molecule has 1 heterocycles. The topological polar surface area (TPSA) is 96.0 Å². The number of methoxy groups -OCH3 is 1. The fraction of sp³-hybridized carbons (Fsp3) is 0.238. The molecule has 0 saturated heterocycles. The van der Waals surface area contributed by atoms with Gasteiger partial charge in [0, 0.05) is 35.4 Å². The van der Waals surface area contributed by atoms with Crippen LogP contribution in [0.1, 0.15) is 34.1 Å². The molecule has 1 atom stereocenters. The number of carbonyl (C=O) groups is 4. The second-order valence-electron chi connectivity index (χ2n) is 6.59. The Hall–Kier alpha value is -3.32.